The third kappa shape index (κ3) is 6.47. The summed E-state index contributed by atoms with van der Waals surface area (Å²) in [6, 6.07) is -0.898. The molecule has 0 aliphatic rings. The molecule has 106 valence electrons. The molecule has 0 aromatic heterocycles. The summed E-state index contributed by atoms with van der Waals surface area (Å²) in [6.45, 7) is 8.68. The molecule has 2 unspecified atom stereocenters. The third-order valence-corrected chi connectivity index (χ3v) is 2.96. The predicted molar refractivity (Wildman–Crippen MR) is 71.2 cm³/mol. The van der Waals surface area contributed by atoms with E-state index in [0.717, 1.165) is 12.8 Å². The number of hydrogen-bond donors (Lipinski definition) is 2. The second-order valence-electron chi connectivity index (χ2n) is 4.97. The lowest BCUT2D eigenvalue weighted by atomic mass is 9.99. The van der Waals surface area contributed by atoms with Gasteiger partial charge in [-0.3, -0.25) is 0 Å². The molecule has 0 rings (SSSR count). The van der Waals surface area contributed by atoms with Crippen LogP contribution in [0, 0.1) is 11.8 Å². The molecule has 2 N–H and O–H groups in total. The number of carbonyl (C=O) groups excluding carboxylic acids is 2. The molecule has 0 aliphatic heterocycles. The van der Waals surface area contributed by atoms with Crippen molar-refractivity contribution in [2.24, 2.45) is 11.8 Å². The summed E-state index contributed by atoms with van der Waals surface area (Å²) < 4.78 is 4.70. The van der Waals surface area contributed by atoms with Gasteiger partial charge in [0.05, 0.1) is 7.11 Å². The van der Waals surface area contributed by atoms with Gasteiger partial charge in [-0.1, -0.05) is 34.1 Å². The molecule has 0 aliphatic carbocycles. The van der Waals surface area contributed by atoms with Crippen LogP contribution in [-0.4, -0.2) is 31.7 Å². The minimum atomic E-state index is -0.584. The first-order valence-electron chi connectivity index (χ1n) is 6.54. The Bertz CT molecular complexity index is 267. The lowest BCUT2D eigenvalue weighted by Gasteiger charge is -2.22. The normalized spacial score (nSPS) is 13.9. The lowest BCUT2D eigenvalue weighted by Crippen LogP contribution is -2.49. The average Bonchev–Trinajstić information content (AvgIpc) is 2.33. The van der Waals surface area contributed by atoms with Crippen molar-refractivity contribution < 1.29 is 14.3 Å². The second kappa shape index (κ2) is 8.78. The Kier molecular flexibility index (Phi) is 8.16. The number of urea groups is 1. The highest BCUT2D eigenvalue weighted by molar-refractivity contribution is 5.83. The second-order valence-corrected chi connectivity index (χ2v) is 4.97. The van der Waals surface area contributed by atoms with Crippen molar-refractivity contribution in [2.45, 2.75) is 46.6 Å². The molecule has 2 amide bonds. The molecule has 0 saturated carbocycles. The van der Waals surface area contributed by atoms with Gasteiger partial charge < -0.3 is 15.4 Å². The van der Waals surface area contributed by atoms with E-state index in [2.05, 4.69) is 24.5 Å². The molecule has 18 heavy (non-hydrogen) atoms. The summed E-state index contributed by atoms with van der Waals surface area (Å²) in [6.07, 6.45) is 1.71. The number of methoxy groups -OCH3 is 1. The number of rotatable bonds is 7. The van der Waals surface area contributed by atoms with Crippen LogP contribution in [-0.2, 0) is 9.53 Å². The van der Waals surface area contributed by atoms with Crippen molar-refractivity contribution in [1.82, 2.24) is 10.6 Å². The van der Waals surface area contributed by atoms with E-state index in [9.17, 15) is 9.59 Å². The number of hydrogen-bond acceptors (Lipinski definition) is 3. The lowest BCUT2D eigenvalue weighted by molar-refractivity contribution is -0.144. The van der Waals surface area contributed by atoms with Gasteiger partial charge in [-0.05, 0) is 18.3 Å². The number of nitrogens with one attached hydrogen (secondary N) is 2. The van der Waals surface area contributed by atoms with Gasteiger partial charge >= 0.3 is 12.0 Å². The van der Waals surface area contributed by atoms with Crippen LogP contribution in [0.2, 0.25) is 0 Å². The van der Waals surface area contributed by atoms with E-state index in [4.69, 9.17) is 4.74 Å². The van der Waals surface area contributed by atoms with Gasteiger partial charge in [-0.25, -0.2) is 9.59 Å². The van der Waals surface area contributed by atoms with Crippen LogP contribution in [0.3, 0.4) is 0 Å². The molecule has 0 heterocycles. The van der Waals surface area contributed by atoms with E-state index >= 15 is 0 Å². The highest BCUT2D eigenvalue weighted by Crippen LogP contribution is 2.09. The maximum Gasteiger partial charge on any atom is 0.328 e. The first kappa shape index (κ1) is 16.7. The summed E-state index contributed by atoms with van der Waals surface area (Å²) in [5, 5.41) is 5.41. The van der Waals surface area contributed by atoms with Crippen LogP contribution in [0.15, 0.2) is 0 Å². The number of carbonyl (C=O) groups is 2. The van der Waals surface area contributed by atoms with Crippen molar-refractivity contribution >= 4 is 12.0 Å². The Morgan fingerprint density at radius 1 is 1.22 bits per heavy atom. The van der Waals surface area contributed by atoms with E-state index in [1.807, 2.05) is 13.8 Å². The minimum absolute atomic E-state index is 0.0494. The third-order valence-electron chi connectivity index (χ3n) is 2.96. The zero-order valence-corrected chi connectivity index (χ0v) is 12.1. The zero-order chi connectivity index (χ0) is 14.1. The molecule has 0 aromatic carbocycles. The fraction of sp³-hybridized carbons (Fsp3) is 0.846. The molecule has 0 aromatic rings. The summed E-state index contributed by atoms with van der Waals surface area (Å²) in [5.74, 6) is 0.188. The van der Waals surface area contributed by atoms with E-state index in [0.29, 0.717) is 12.5 Å². The van der Waals surface area contributed by atoms with Gasteiger partial charge in [0.15, 0.2) is 0 Å². The molecule has 0 fully saturated rings. The van der Waals surface area contributed by atoms with Crippen molar-refractivity contribution in [3.05, 3.63) is 0 Å². The highest BCUT2D eigenvalue weighted by Gasteiger charge is 2.26. The molecular formula is C13H26N2O3. The number of amides is 2. The molecule has 0 saturated heterocycles. The van der Waals surface area contributed by atoms with Crippen LogP contribution < -0.4 is 10.6 Å². The Labute approximate surface area is 110 Å². The van der Waals surface area contributed by atoms with E-state index < -0.39 is 12.0 Å². The van der Waals surface area contributed by atoms with Crippen LogP contribution in [0.1, 0.15) is 40.5 Å². The van der Waals surface area contributed by atoms with Gasteiger partial charge in [-0.15, -0.1) is 0 Å². The van der Waals surface area contributed by atoms with Gasteiger partial charge in [0.25, 0.3) is 0 Å². The van der Waals surface area contributed by atoms with Crippen LogP contribution in [0.25, 0.3) is 0 Å². The first-order chi connectivity index (χ1) is 8.42. The average molecular weight is 258 g/mol. The highest BCUT2D eigenvalue weighted by atomic mass is 16.5. The molecule has 5 nitrogen and oxygen atoms in total. The fourth-order valence-corrected chi connectivity index (χ4v) is 1.46. The molecule has 0 radical (unpaired) electrons. The van der Waals surface area contributed by atoms with Gasteiger partial charge in [0.1, 0.15) is 6.04 Å². The van der Waals surface area contributed by atoms with Crippen LogP contribution in [0.4, 0.5) is 4.79 Å². The molecule has 2 atom stereocenters. The zero-order valence-electron chi connectivity index (χ0n) is 12.1. The van der Waals surface area contributed by atoms with Gasteiger partial charge in [0, 0.05) is 6.54 Å². The van der Waals surface area contributed by atoms with Crippen molar-refractivity contribution in [3.8, 4) is 0 Å². The van der Waals surface area contributed by atoms with E-state index in [1.54, 1.807) is 0 Å². The Hall–Kier alpha value is -1.26. The summed E-state index contributed by atoms with van der Waals surface area (Å²) >= 11 is 0. The van der Waals surface area contributed by atoms with E-state index in [1.165, 1.54) is 7.11 Å². The SMILES string of the molecule is CCC(C)C(NC(=O)NCCC(C)C)C(=O)OC. The molecule has 5 heteroatoms. The smallest absolute Gasteiger partial charge is 0.328 e. The predicted octanol–water partition coefficient (Wildman–Crippen LogP) is 1.92. The Morgan fingerprint density at radius 3 is 2.28 bits per heavy atom. The van der Waals surface area contributed by atoms with Crippen molar-refractivity contribution in [1.29, 1.82) is 0 Å². The standard InChI is InChI=1S/C13H26N2O3/c1-6-10(4)11(12(16)18-5)15-13(17)14-8-7-9(2)3/h9-11H,6-8H2,1-5H3,(H2,14,15,17). The number of ether oxygens (including phenoxy) is 1. The minimum Gasteiger partial charge on any atom is -0.467 e. The van der Waals surface area contributed by atoms with Gasteiger partial charge in [0.2, 0.25) is 0 Å². The maximum atomic E-state index is 11.6. The maximum absolute atomic E-state index is 11.6. The van der Waals surface area contributed by atoms with Crippen LogP contribution >= 0.6 is 0 Å². The van der Waals surface area contributed by atoms with Crippen molar-refractivity contribution in [2.75, 3.05) is 13.7 Å². The fourth-order valence-electron chi connectivity index (χ4n) is 1.46. The monoisotopic (exact) mass is 258 g/mol. The largest absolute Gasteiger partial charge is 0.467 e. The van der Waals surface area contributed by atoms with Gasteiger partial charge in [-0.2, -0.15) is 0 Å². The molecule has 0 bridgehead atoms. The quantitative estimate of drug-likeness (QED) is 0.686. The Morgan fingerprint density at radius 2 is 1.83 bits per heavy atom. The summed E-state index contributed by atoms with van der Waals surface area (Å²) in [5.41, 5.74) is 0. The molecule has 0 spiro atoms. The first-order valence-corrected chi connectivity index (χ1v) is 6.54. The Balaban J connectivity index is 4.23. The topological polar surface area (TPSA) is 67.4 Å². The number of esters is 1. The van der Waals surface area contributed by atoms with E-state index in [-0.39, 0.29) is 11.9 Å². The van der Waals surface area contributed by atoms with Crippen LogP contribution in [0.5, 0.6) is 0 Å². The summed E-state index contributed by atoms with van der Waals surface area (Å²) in [4.78, 5) is 23.2. The van der Waals surface area contributed by atoms with Crippen molar-refractivity contribution in [3.63, 3.8) is 0 Å². The molecular weight excluding hydrogens is 232 g/mol. The summed E-state index contributed by atoms with van der Waals surface area (Å²) in [7, 11) is 1.33.